The van der Waals surface area contributed by atoms with Crippen molar-refractivity contribution in [2.45, 2.75) is 0 Å². The van der Waals surface area contributed by atoms with Crippen LogP contribution in [0.25, 0.3) is 43.6 Å². The monoisotopic (exact) mass is 356 g/mol. The van der Waals surface area contributed by atoms with Crippen LogP contribution in [0.2, 0.25) is 0 Å². The van der Waals surface area contributed by atoms with Crippen molar-refractivity contribution in [3.05, 3.63) is 59.7 Å². The van der Waals surface area contributed by atoms with Gasteiger partial charge < -0.3 is 9.13 Å². The molecule has 0 spiro atoms. The lowest BCUT2D eigenvalue weighted by Crippen LogP contribution is -1.91. The van der Waals surface area contributed by atoms with Gasteiger partial charge in [-0.2, -0.15) is 0 Å². The van der Waals surface area contributed by atoms with Crippen LogP contribution in [0.1, 0.15) is 0 Å². The molecule has 0 aliphatic heterocycles. The van der Waals surface area contributed by atoms with Crippen molar-refractivity contribution >= 4 is 43.6 Å². The molecular formula is C20H12F4N2. The highest BCUT2D eigenvalue weighted by atomic mass is 19.1. The zero-order valence-corrected chi connectivity index (χ0v) is 13.9. The van der Waals surface area contributed by atoms with Crippen LogP contribution in [0, 0.1) is 23.3 Å². The standard InChI is InChI=1S/C20H12F4N2/c1-25-17-7-12-14-4-10(22)6-16(24)20(14)26(2)18(12)8-11(17)13-3-9(21)5-15(23)19(13)25/h3-8H,1-2H3. The van der Waals surface area contributed by atoms with E-state index in [1.165, 1.54) is 12.1 Å². The Morgan fingerprint density at radius 2 is 0.923 bits per heavy atom. The van der Waals surface area contributed by atoms with E-state index in [4.69, 9.17) is 0 Å². The third-order valence-electron chi connectivity index (χ3n) is 5.14. The molecule has 130 valence electrons. The maximum atomic E-state index is 14.3. The zero-order valence-electron chi connectivity index (χ0n) is 13.9. The van der Waals surface area contributed by atoms with E-state index in [0.717, 1.165) is 12.1 Å². The quantitative estimate of drug-likeness (QED) is 0.323. The number of rotatable bonds is 0. The molecule has 2 aromatic heterocycles. The lowest BCUT2D eigenvalue weighted by Gasteiger charge is -2.00. The van der Waals surface area contributed by atoms with Gasteiger partial charge in [0.15, 0.2) is 0 Å². The average molecular weight is 356 g/mol. The summed E-state index contributed by atoms with van der Waals surface area (Å²) in [6, 6.07) is 7.81. The number of aromatic nitrogens is 2. The summed E-state index contributed by atoms with van der Waals surface area (Å²) in [4.78, 5) is 0. The zero-order chi connectivity index (χ0) is 18.3. The largest absolute Gasteiger partial charge is 0.341 e. The minimum atomic E-state index is -0.659. The molecule has 5 rings (SSSR count). The minimum absolute atomic E-state index is 0.290. The van der Waals surface area contributed by atoms with E-state index < -0.39 is 23.3 Å². The first-order valence-electron chi connectivity index (χ1n) is 8.01. The van der Waals surface area contributed by atoms with Crippen LogP contribution in [-0.2, 0) is 14.1 Å². The Kier molecular flexibility index (Phi) is 2.81. The van der Waals surface area contributed by atoms with Crippen molar-refractivity contribution in [2.24, 2.45) is 14.1 Å². The number of hydrogen-bond acceptors (Lipinski definition) is 0. The Bertz CT molecular complexity index is 1280. The van der Waals surface area contributed by atoms with Crippen LogP contribution in [-0.4, -0.2) is 9.13 Å². The van der Waals surface area contributed by atoms with Crippen molar-refractivity contribution in [2.75, 3.05) is 0 Å². The number of benzene rings is 3. The summed E-state index contributed by atoms with van der Waals surface area (Å²) in [7, 11) is 3.37. The van der Waals surface area contributed by atoms with Crippen LogP contribution in [0.15, 0.2) is 36.4 Å². The second-order valence-corrected chi connectivity index (χ2v) is 6.57. The van der Waals surface area contributed by atoms with Gasteiger partial charge in [-0.1, -0.05) is 0 Å². The second-order valence-electron chi connectivity index (χ2n) is 6.57. The van der Waals surface area contributed by atoms with Crippen molar-refractivity contribution in [1.29, 1.82) is 0 Å². The van der Waals surface area contributed by atoms with E-state index in [9.17, 15) is 17.6 Å². The third-order valence-corrected chi connectivity index (χ3v) is 5.14. The smallest absolute Gasteiger partial charge is 0.150 e. The number of aryl methyl sites for hydroxylation is 2. The van der Waals surface area contributed by atoms with E-state index >= 15 is 0 Å². The van der Waals surface area contributed by atoms with Gasteiger partial charge in [-0.25, -0.2) is 17.6 Å². The normalized spacial score (nSPS) is 12.2. The first-order valence-corrected chi connectivity index (χ1v) is 8.01. The molecule has 0 amide bonds. The molecule has 0 unspecified atom stereocenters. The molecule has 0 N–H and O–H groups in total. The van der Waals surface area contributed by atoms with Crippen molar-refractivity contribution < 1.29 is 17.6 Å². The van der Waals surface area contributed by atoms with Gasteiger partial charge in [0.2, 0.25) is 0 Å². The summed E-state index contributed by atoms with van der Waals surface area (Å²) in [5.74, 6) is -2.62. The highest BCUT2D eigenvalue weighted by Gasteiger charge is 2.19. The maximum absolute atomic E-state index is 14.3. The molecule has 3 aromatic carbocycles. The van der Waals surface area contributed by atoms with Crippen molar-refractivity contribution in [3.8, 4) is 0 Å². The van der Waals surface area contributed by atoms with E-state index in [-0.39, 0.29) is 0 Å². The summed E-state index contributed by atoms with van der Waals surface area (Å²) in [5.41, 5.74) is 1.90. The Morgan fingerprint density at radius 3 is 1.31 bits per heavy atom. The molecule has 0 aliphatic carbocycles. The van der Waals surface area contributed by atoms with Gasteiger partial charge in [-0.3, -0.25) is 0 Å². The van der Waals surface area contributed by atoms with Gasteiger partial charge in [-0.05, 0) is 24.3 Å². The molecule has 0 atom stereocenters. The molecule has 26 heavy (non-hydrogen) atoms. The van der Waals surface area contributed by atoms with Crippen molar-refractivity contribution in [1.82, 2.24) is 9.13 Å². The van der Waals surface area contributed by atoms with Crippen molar-refractivity contribution in [3.63, 3.8) is 0 Å². The number of halogens is 4. The molecule has 2 heterocycles. The molecule has 0 radical (unpaired) electrons. The summed E-state index contributed by atoms with van der Waals surface area (Å²) in [6.45, 7) is 0. The number of fused-ring (bicyclic) bond motifs is 6. The van der Waals surface area contributed by atoms with Gasteiger partial charge >= 0.3 is 0 Å². The first kappa shape index (κ1) is 15.3. The van der Waals surface area contributed by atoms with Crippen LogP contribution in [0.4, 0.5) is 17.6 Å². The highest BCUT2D eigenvalue weighted by molar-refractivity contribution is 6.17. The molecule has 0 fully saturated rings. The van der Waals surface area contributed by atoms with E-state index in [2.05, 4.69) is 0 Å². The molecule has 0 saturated carbocycles. The SMILES string of the molecule is Cn1c2cc3c4cc(F)cc(F)c4n(C)c3cc2c2cc(F)cc(F)c21. The van der Waals surface area contributed by atoms with E-state index in [0.29, 0.717) is 43.6 Å². The molecular weight excluding hydrogens is 344 g/mol. The Hall–Kier alpha value is -3.02. The Morgan fingerprint density at radius 1 is 0.538 bits per heavy atom. The lowest BCUT2D eigenvalue weighted by molar-refractivity contribution is 0.588. The van der Waals surface area contributed by atoms with Crippen LogP contribution in [0.5, 0.6) is 0 Å². The maximum Gasteiger partial charge on any atom is 0.150 e. The molecule has 2 nitrogen and oxygen atoms in total. The predicted molar refractivity (Wildman–Crippen MR) is 94.2 cm³/mol. The number of hydrogen-bond donors (Lipinski definition) is 0. The van der Waals surface area contributed by atoms with Gasteiger partial charge in [0, 0.05) is 58.8 Å². The lowest BCUT2D eigenvalue weighted by atomic mass is 10.1. The van der Waals surface area contributed by atoms with Gasteiger partial charge in [-0.15, -0.1) is 0 Å². The minimum Gasteiger partial charge on any atom is -0.341 e. The average Bonchev–Trinajstić information content (AvgIpc) is 2.99. The van der Waals surface area contributed by atoms with E-state index in [1.54, 1.807) is 35.4 Å². The first-order chi connectivity index (χ1) is 12.4. The van der Waals surface area contributed by atoms with Crippen LogP contribution >= 0.6 is 0 Å². The Balaban J connectivity index is 2.07. The van der Waals surface area contributed by atoms with Crippen LogP contribution < -0.4 is 0 Å². The fourth-order valence-electron chi connectivity index (χ4n) is 4.03. The van der Waals surface area contributed by atoms with Gasteiger partial charge in [0.25, 0.3) is 0 Å². The fraction of sp³-hybridized carbons (Fsp3) is 0.100. The molecule has 0 aliphatic rings. The van der Waals surface area contributed by atoms with E-state index in [1.807, 2.05) is 0 Å². The summed E-state index contributed by atoms with van der Waals surface area (Å²) in [6.07, 6.45) is 0. The predicted octanol–water partition coefficient (Wildman–Crippen LogP) is 5.53. The molecule has 6 heteroatoms. The Labute approximate surface area is 144 Å². The second kappa shape index (κ2) is 4.78. The summed E-state index contributed by atoms with van der Waals surface area (Å²) >= 11 is 0. The molecule has 5 aromatic rings. The van der Waals surface area contributed by atoms with Gasteiger partial charge in [0.05, 0.1) is 11.0 Å². The summed E-state index contributed by atoms with van der Waals surface area (Å²) in [5, 5.41) is 2.19. The third kappa shape index (κ3) is 1.76. The number of nitrogens with zero attached hydrogens (tertiary/aromatic N) is 2. The fourth-order valence-corrected chi connectivity index (χ4v) is 4.03. The molecule has 0 bridgehead atoms. The summed E-state index contributed by atoms with van der Waals surface area (Å²) < 4.78 is 59.3. The highest BCUT2D eigenvalue weighted by Crippen LogP contribution is 2.37. The van der Waals surface area contributed by atoms with Gasteiger partial charge in [0.1, 0.15) is 23.3 Å². The molecule has 0 saturated heterocycles. The topological polar surface area (TPSA) is 9.86 Å². The van der Waals surface area contributed by atoms with Crippen LogP contribution in [0.3, 0.4) is 0 Å².